The lowest BCUT2D eigenvalue weighted by atomic mass is 9.47. The number of piperidine rings is 1. The fourth-order valence-corrected chi connectivity index (χ4v) is 7.48. The Morgan fingerprint density at radius 2 is 1.94 bits per heavy atom. The highest BCUT2D eigenvalue weighted by Crippen LogP contribution is 2.60. The van der Waals surface area contributed by atoms with Gasteiger partial charge in [0.15, 0.2) is 0 Å². The first kappa shape index (κ1) is 20.3. The van der Waals surface area contributed by atoms with Gasteiger partial charge in [0.1, 0.15) is 5.75 Å². The molecule has 168 valence electrons. The Bertz CT molecular complexity index is 1040. The molecule has 2 heterocycles. The summed E-state index contributed by atoms with van der Waals surface area (Å²) in [6, 6.07) is 16.5. The molecule has 32 heavy (non-hydrogen) atoms. The lowest BCUT2D eigenvalue weighted by molar-refractivity contribution is -0.178. The number of aryl methyl sites for hydroxylation is 1. The van der Waals surface area contributed by atoms with Gasteiger partial charge in [0, 0.05) is 23.9 Å². The normalized spacial score (nSPS) is 35.5. The summed E-state index contributed by atoms with van der Waals surface area (Å²) >= 11 is 0. The van der Waals surface area contributed by atoms with Gasteiger partial charge < -0.3 is 15.5 Å². The molecule has 0 spiro atoms. The second-order valence-electron chi connectivity index (χ2n) is 10.5. The van der Waals surface area contributed by atoms with Crippen LogP contribution in [0.4, 0.5) is 0 Å². The van der Waals surface area contributed by atoms with Crippen LogP contribution in [0, 0.1) is 5.92 Å². The minimum Gasteiger partial charge on any atom is -0.508 e. The van der Waals surface area contributed by atoms with Gasteiger partial charge >= 0.3 is 0 Å². The number of benzene rings is 2. The Labute approximate surface area is 189 Å². The summed E-state index contributed by atoms with van der Waals surface area (Å²) in [6.45, 7) is 1.92. The molecule has 2 aromatic rings. The highest BCUT2D eigenvalue weighted by molar-refractivity contribution is 5.79. The van der Waals surface area contributed by atoms with Crippen LogP contribution in [0.15, 0.2) is 48.5 Å². The second-order valence-corrected chi connectivity index (χ2v) is 10.5. The number of nitrogens with one attached hydrogen (secondary N) is 1. The standard InChI is InChI=1S/C27H32N2O3/c30-21-9-8-19-13-24-27(32)16-20-14-25(31)28-23(20)17-26(27,22(19)15-21)10-12-29(24)11-4-7-18-5-2-1-3-6-18/h1-3,5-6,8-9,15,20,23-24,30,32H,4,7,10-14,16-17H2,(H,28,31)/t20-,23+,24-,26-,27-/m1/s1. The number of nitrogens with zero attached hydrogens (tertiary/aromatic N) is 1. The smallest absolute Gasteiger partial charge is 0.220 e. The van der Waals surface area contributed by atoms with E-state index < -0.39 is 11.0 Å². The molecule has 4 aliphatic rings. The van der Waals surface area contributed by atoms with E-state index in [1.165, 1.54) is 11.1 Å². The number of fused-ring (bicyclic) bond motifs is 2. The van der Waals surface area contributed by atoms with E-state index in [0.29, 0.717) is 12.8 Å². The molecule has 1 amide bonds. The van der Waals surface area contributed by atoms with E-state index in [2.05, 4.69) is 40.5 Å². The third-order valence-electron chi connectivity index (χ3n) is 8.93. The topological polar surface area (TPSA) is 72.8 Å². The molecule has 2 aliphatic heterocycles. The maximum Gasteiger partial charge on any atom is 0.220 e. The van der Waals surface area contributed by atoms with Crippen LogP contribution in [-0.4, -0.2) is 51.8 Å². The number of likely N-dealkylation sites (tertiary alicyclic amines) is 1. The van der Waals surface area contributed by atoms with Crippen molar-refractivity contribution in [1.82, 2.24) is 10.2 Å². The molecule has 0 radical (unpaired) electrons. The number of carbonyl (C=O) groups is 1. The first-order chi connectivity index (χ1) is 15.5. The minimum absolute atomic E-state index is 0.0562. The van der Waals surface area contributed by atoms with E-state index in [-0.39, 0.29) is 29.7 Å². The maximum absolute atomic E-state index is 12.5. The first-order valence-electron chi connectivity index (χ1n) is 12.1. The van der Waals surface area contributed by atoms with Crippen molar-refractivity contribution in [3.05, 3.63) is 65.2 Å². The van der Waals surface area contributed by atoms with Crippen LogP contribution in [0.3, 0.4) is 0 Å². The number of hydrogen-bond donors (Lipinski definition) is 3. The fraction of sp³-hybridized carbons (Fsp3) is 0.519. The summed E-state index contributed by atoms with van der Waals surface area (Å²) < 4.78 is 0. The molecular weight excluding hydrogens is 400 g/mol. The largest absolute Gasteiger partial charge is 0.508 e. The molecule has 5 atom stereocenters. The quantitative estimate of drug-likeness (QED) is 0.695. The fourth-order valence-electron chi connectivity index (χ4n) is 7.48. The predicted octanol–water partition coefficient (Wildman–Crippen LogP) is 2.92. The van der Waals surface area contributed by atoms with Gasteiger partial charge in [-0.05, 0) is 86.4 Å². The van der Waals surface area contributed by atoms with Crippen molar-refractivity contribution >= 4 is 5.91 Å². The van der Waals surface area contributed by atoms with Crippen LogP contribution in [0.2, 0.25) is 0 Å². The Morgan fingerprint density at radius 3 is 2.78 bits per heavy atom. The van der Waals surface area contributed by atoms with Crippen molar-refractivity contribution in [2.45, 2.75) is 68.0 Å². The lowest BCUT2D eigenvalue weighted by Crippen LogP contribution is -2.74. The first-order valence-corrected chi connectivity index (χ1v) is 12.1. The summed E-state index contributed by atoms with van der Waals surface area (Å²) in [7, 11) is 0. The van der Waals surface area contributed by atoms with Crippen molar-refractivity contribution in [1.29, 1.82) is 0 Å². The molecule has 1 saturated carbocycles. The third kappa shape index (κ3) is 2.94. The van der Waals surface area contributed by atoms with Crippen molar-refractivity contribution in [3.8, 4) is 5.75 Å². The van der Waals surface area contributed by atoms with E-state index in [0.717, 1.165) is 50.8 Å². The molecule has 6 rings (SSSR count). The van der Waals surface area contributed by atoms with Crippen LogP contribution in [0.5, 0.6) is 5.75 Å². The van der Waals surface area contributed by atoms with E-state index in [4.69, 9.17) is 0 Å². The van der Waals surface area contributed by atoms with Crippen LogP contribution in [0.25, 0.3) is 0 Å². The predicted molar refractivity (Wildman–Crippen MR) is 122 cm³/mol. The number of amides is 1. The van der Waals surface area contributed by atoms with Crippen molar-refractivity contribution in [3.63, 3.8) is 0 Å². The number of rotatable bonds is 4. The number of phenols is 1. The Kier molecular flexibility index (Phi) is 4.63. The molecule has 0 unspecified atom stereocenters. The van der Waals surface area contributed by atoms with Crippen LogP contribution >= 0.6 is 0 Å². The Balaban J connectivity index is 1.33. The molecule has 2 bridgehead atoms. The molecule has 5 heteroatoms. The second kappa shape index (κ2) is 7.32. The summed E-state index contributed by atoms with van der Waals surface area (Å²) in [5, 5.41) is 25.9. The van der Waals surface area contributed by atoms with Crippen molar-refractivity contribution < 1.29 is 15.0 Å². The number of phenolic OH excluding ortho intramolecular Hbond substituents is 1. The Morgan fingerprint density at radius 1 is 1.09 bits per heavy atom. The average Bonchev–Trinajstić information content (AvgIpc) is 3.12. The molecule has 3 N–H and O–H groups in total. The zero-order valence-electron chi connectivity index (χ0n) is 18.5. The lowest BCUT2D eigenvalue weighted by Gasteiger charge is -2.65. The van der Waals surface area contributed by atoms with E-state index in [1.807, 2.05) is 12.1 Å². The summed E-state index contributed by atoms with van der Waals surface area (Å²) in [5.74, 6) is 0.581. The van der Waals surface area contributed by atoms with Gasteiger partial charge in [-0.3, -0.25) is 9.69 Å². The Hall–Kier alpha value is -2.37. The van der Waals surface area contributed by atoms with Gasteiger partial charge in [0.05, 0.1) is 5.60 Å². The van der Waals surface area contributed by atoms with Crippen LogP contribution < -0.4 is 5.32 Å². The molecule has 2 aromatic carbocycles. The van der Waals surface area contributed by atoms with Crippen molar-refractivity contribution in [2.24, 2.45) is 5.92 Å². The van der Waals surface area contributed by atoms with Gasteiger partial charge in [-0.25, -0.2) is 0 Å². The minimum atomic E-state index is -0.869. The molecule has 2 aliphatic carbocycles. The number of aliphatic hydroxyl groups is 1. The third-order valence-corrected chi connectivity index (χ3v) is 8.93. The number of hydrogen-bond acceptors (Lipinski definition) is 4. The summed E-state index contributed by atoms with van der Waals surface area (Å²) in [5.41, 5.74) is 2.44. The molecule has 2 saturated heterocycles. The monoisotopic (exact) mass is 432 g/mol. The summed E-state index contributed by atoms with van der Waals surface area (Å²) in [4.78, 5) is 14.7. The zero-order chi connectivity index (χ0) is 21.9. The average molecular weight is 433 g/mol. The SMILES string of the molecule is O=C1C[C@@H]2C[C@@]3(O)[C@H]4Cc5ccc(O)cc5[C@@]3(CCN4CCCc3ccccc3)C[C@@H]2N1. The molecule has 3 fully saturated rings. The van der Waals surface area contributed by atoms with E-state index >= 15 is 0 Å². The van der Waals surface area contributed by atoms with Gasteiger partial charge in [0.2, 0.25) is 5.91 Å². The van der Waals surface area contributed by atoms with Crippen LogP contribution in [0.1, 0.15) is 48.8 Å². The highest BCUT2D eigenvalue weighted by atomic mass is 16.3. The molecular formula is C27H32N2O3. The van der Waals surface area contributed by atoms with Gasteiger partial charge in [0.25, 0.3) is 0 Å². The molecule has 0 aromatic heterocycles. The number of aromatic hydroxyl groups is 1. The molecule has 5 nitrogen and oxygen atoms in total. The summed E-state index contributed by atoms with van der Waals surface area (Å²) in [6.07, 6.45) is 5.73. The van der Waals surface area contributed by atoms with E-state index in [9.17, 15) is 15.0 Å². The zero-order valence-corrected chi connectivity index (χ0v) is 18.5. The van der Waals surface area contributed by atoms with Crippen LogP contribution in [-0.2, 0) is 23.1 Å². The van der Waals surface area contributed by atoms with Gasteiger partial charge in [-0.1, -0.05) is 36.4 Å². The van der Waals surface area contributed by atoms with Crippen molar-refractivity contribution in [2.75, 3.05) is 13.1 Å². The number of carbonyl (C=O) groups excluding carboxylic acids is 1. The maximum atomic E-state index is 12.5. The van der Waals surface area contributed by atoms with E-state index in [1.54, 1.807) is 6.07 Å². The van der Waals surface area contributed by atoms with Gasteiger partial charge in [-0.2, -0.15) is 0 Å². The van der Waals surface area contributed by atoms with Gasteiger partial charge in [-0.15, -0.1) is 0 Å². The highest BCUT2D eigenvalue weighted by Gasteiger charge is 2.67.